The molecule has 0 fully saturated rings. The lowest BCUT2D eigenvalue weighted by Gasteiger charge is -2.12. The van der Waals surface area contributed by atoms with Gasteiger partial charge in [-0.25, -0.2) is 0 Å². The van der Waals surface area contributed by atoms with Gasteiger partial charge in [0.15, 0.2) is 12.4 Å². The van der Waals surface area contributed by atoms with Crippen LogP contribution in [0.2, 0.25) is 5.02 Å². The van der Waals surface area contributed by atoms with E-state index in [0.717, 1.165) is 5.71 Å². The molecule has 0 aliphatic carbocycles. The quantitative estimate of drug-likeness (QED) is 0.349. The van der Waals surface area contributed by atoms with Crippen LogP contribution in [0.15, 0.2) is 33.9 Å². The molecule has 1 aromatic rings. The van der Waals surface area contributed by atoms with E-state index in [0.29, 0.717) is 27.1 Å². The molecule has 1 aromatic carbocycles. The highest BCUT2D eigenvalue weighted by molar-refractivity contribution is 9.10. The summed E-state index contributed by atoms with van der Waals surface area (Å²) >= 11 is 9.36. The van der Waals surface area contributed by atoms with Crippen LogP contribution < -0.4 is 9.47 Å². The van der Waals surface area contributed by atoms with E-state index >= 15 is 0 Å². The van der Waals surface area contributed by atoms with Crippen LogP contribution in [0.4, 0.5) is 8.78 Å². The number of benzene rings is 1. The van der Waals surface area contributed by atoms with Crippen molar-refractivity contribution in [2.45, 2.75) is 13.8 Å². The number of nitrogens with zero attached hydrogens (tertiary/aromatic N) is 1. The molecule has 0 aliphatic rings. The topological polar surface area (TPSA) is 40.0 Å². The van der Waals surface area contributed by atoms with Crippen LogP contribution in [0.3, 0.4) is 0 Å². The van der Waals surface area contributed by atoms with Crippen LogP contribution in [0, 0.1) is 0 Å². The molecule has 0 atom stereocenters. The summed E-state index contributed by atoms with van der Waals surface area (Å²) < 4.78 is 35.0. The van der Waals surface area contributed by atoms with Gasteiger partial charge in [-0.15, -0.1) is 0 Å². The fourth-order valence-corrected chi connectivity index (χ4v) is 2.25. The minimum Gasteiger partial charge on any atom is -0.489 e. The van der Waals surface area contributed by atoms with Gasteiger partial charge in [0, 0.05) is 12.1 Å². The molecule has 122 valence electrons. The van der Waals surface area contributed by atoms with E-state index in [2.05, 4.69) is 21.1 Å². The Morgan fingerprint density at radius 2 is 2.00 bits per heavy atom. The van der Waals surface area contributed by atoms with Crippen LogP contribution in [0.1, 0.15) is 13.8 Å². The summed E-state index contributed by atoms with van der Waals surface area (Å²) in [6.45, 7) is 3.92. The molecular formula is C14H15BrClF2NO3. The smallest absolute Gasteiger partial charge is 0.269 e. The van der Waals surface area contributed by atoms with Crippen LogP contribution in [-0.4, -0.2) is 25.5 Å². The standard InChI is InChI=1S/C14H15BrClF2NO3/c1-9(2)19-22-6-5-21-14-11(15)7-10(8-12(14)16)20-4-3-13(17)18/h3,7-8H,4-6H2,1-2H3. The Kier molecular flexibility index (Phi) is 8.19. The molecule has 4 nitrogen and oxygen atoms in total. The van der Waals surface area contributed by atoms with E-state index in [4.69, 9.17) is 25.9 Å². The normalized spacial score (nSPS) is 9.91. The molecule has 0 spiro atoms. The van der Waals surface area contributed by atoms with Crippen molar-refractivity contribution in [2.24, 2.45) is 5.16 Å². The Bertz CT molecular complexity index is 536. The number of oxime groups is 1. The van der Waals surface area contributed by atoms with Gasteiger partial charge in [0.05, 0.1) is 15.2 Å². The molecule has 0 aliphatic heterocycles. The van der Waals surface area contributed by atoms with Gasteiger partial charge in [-0.3, -0.25) is 0 Å². The van der Waals surface area contributed by atoms with Crippen molar-refractivity contribution in [3.63, 3.8) is 0 Å². The Morgan fingerprint density at radius 3 is 2.59 bits per heavy atom. The summed E-state index contributed by atoms with van der Waals surface area (Å²) in [6, 6.07) is 3.07. The fourth-order valence-electron chi connectivity index (χ4n) is 1.31. The molecule has 0 unspecified atom stereocenters. The van der Waals surface area contributed by atoms with Gasteiger partial charge in [-0.05, 0) is 35.8 Å². The highest BCUT2D eigenvalue weighted by atomic mass is 79.9. The van der Waals surface area contributed by atoms with Gasteiger partial charge in [-0.1, -0.05) is 16.8 Å². The largest absolute Gasteiger partial charge is 0.489 e. The van der Waals surface area contributed by atoms with Crippen molar-refractivity contribution in [2.75, 3.05) is 19.8 Å². The van der Waals surface area contributed by atoms with Crippen molar-refractivity contribution in [3.05, 3.63) is 33.8 Å². The molecule has 0 radical (unpaired) electrons. The van der Waals surface area contributed by atoms with Crippen LogP contribution >= 0.6 is 27.5 Å². The molecule has 0 bridgehead atoms. The second-order valence-corrected chi connectivity index (χ2v) is 5.50. The third-order valence-electron chi connectivity index (χ3n) is 2.13. The molecule has 8 heteroatoms. The number of rotatable bonds is 8. The average Bonchev–Trinajstić information content (AvgIpc) is 2.40. The van der Waals surface area contributed by atoms with E-state index in [1.165, 1.54) is 6.07 Å². The fraction of sp³-hybridized carbons (Fsp3) is 0.357. The van der Waals surface area contributed by atoms with Crippen LogP contribution in [0.5, 0.6) is 11.5 Å². The van der Waals surface area contributed by atoms with Crippen molar-refractivity contribution in [1.29, 1.82) is 0 Å². The van der Waals surface area contributed by atoms with Gasteiger partial charge < -0.3 is 14.3 Å². The molecule has 0 N–H and O–H groups in total. The molecule has 0 heterocycles. The zero-order valence-electron chi connectivity index (χ0n) is 12.0. The second-order valence-electron chi connectivity index (χ2n) is 4.24. The summed E-state index contributed by atoms with van der Waals surface area (Å²) in [5, 5.41) is 4.06. The molecule has 1 rings (SSSR count). The number of ether oxygens (including phenoxy) is 2. The first-order chi connectivity index (χ1) is 10.4. The highest BCUT2D eigenvalue weighted by Gasteiger charge is 2.10. The third kappa shape index (κ3) is 7.09. The summed E-state index contributed by atoms with van der Waals surface area (Å²) in [4.78, 5) is 5.00. The second kappa shape index (κ2) is 9.63. The maximum absolute atomic E-state index is 11.9. The Labute approximate surface area is 140 Å². The average molecular weight is 399 g/mol. The van der Waals surface area contributed by atoms with Gasteiger partial charge in [0.2, 0.25) is 0 Å². The van der Waals surface area contributed by atoms with E-state index in [9.17, 15) is 8.78 Å². The minimum atomic E-state index is -1.80. The van der Waals surface area contributed by atoms with E-state index in [-0.39, 0.29) is 19.8 Å². The predicted octanol–water partition coefficient (Wildman–Crippen LogP) is 5.05. The molecule has 0 aromatic heterocycles. The molecule has 22 heavy (non-hydrogen) atoms. The Balaban J connectivity index is 2.58. The van der Waals surface area contributed by atoms with Crippen LogP contribution in [0.25, 0.3) is 0 Å². The number of hydrogen-bond acceptors (Lipinski definition) is 4. The molecular weight excluding hydrogens is 384 g/mol. The summed E-state index contributed by atoms with van der Waals surface area (Å²) in [6.07, 6.45) is -1.13. The molecule has 0 amide bonds. The maximum Gasteiger partial charge on any atom is 0.269 e. The monoisotopic (exact) mass is 397 g/mol. The molecule has 0 saturated heterocycles. The van der Waals surface area contributed by atoms with Gasteiger partial charge in [-0.2, -0.15) is 8.78 Å². The number of hydrogen-bond donors (Lipinski definition) is 0. The van der Waals surface area contributed by atoms with E-state index in [1.807, 2.05) is 13.8 Å². The lowest BCUT2D eigenvalue weighted by Crippen LogP contribution is -2.06. The summed E-state index contributed by atoms with van der Waals surface area (Å²) in [5.74, 6) is 0.770. The van der Waals surface area contributed by atoms with Crippen molar-refractivity contribution >= 4 is 33.2 Å². The zero-order chi connectivity index (χ0) is 16.5. The lowest BCUT2D eigenvalue weighted by molar-refractivity contribution is 0.106. The molecule has 0 saturated carbocycles. The first-order valence-corrected chi connectivity index (χ1v) is 7.46. The maximum atomic E-state index is 11.9. The van der Waals surface area contributed by atoms with Gasteiger partial charge in [0.1, 0.15) is 19.0 Å². The zero-order valence-corrected chi connectivity index (χ0v) is 14.4. The van der Waals surface area contributed by atoms with Gasteiger partial charge in [0.25, 0.3) is 6.08 Å². The first kappa shape index (κ1) is 18.7. The van der Waals surface area contributed by atoms with Crippen molar-refractivity contribution in [3.8, 4) is 11.5 Å². The lowest BCUT2D eigenvalue weighted by atomic mass is 10.3. The summed E-state index contributed by atoms with van der Waals surface area (Å²) in [7, 11) is 0. The highest BCUT2D eigenvalue weighted by Crippen LogP contribution is 2.37. The van der Waals surface area contributed by atoms with E-state index < -0.39 is 6.08 Å². The Hall–Kier alpha value is -1.34. The first-order valence-electron chi connectivity index (χ1n) is 6.29. The van der Waals surface area contributed by atoms with Crippen LogP contribution in [-0.2, 0) is 4.84 Å². The summed E-state index contributed by atoms with van der Waals surface area (Å²) in [5.41, 5.74) is 0.805. The van der Waals surface area contributed by atoms with E-state index in [1.54, 1.807) is 6.07 Å². The SMILES string of the molecule is CC(C)=NOCCOc1c(Cl)cc(OCC=C(F)F)cc1Br. The Morgan fingerprint density at radius 1 is 1.27 bits per heavy atom. The van der Waals surface area contributed by atoms with Gasteiger partial charge >= 0.3 is 0 Å². The third-order valence-corrected chi connectivity index (χ3v) is 3.00. The minimum absolute atomic E-state index is 0.243. The van der Waals surface area contributed by atoms with Crippen molar-refractivity contribution < 1.29 is 23.1 Å². The predicted molar refractivity (Wildman–Crippen MR) is 85.2 cm³/mol. The number of halogens is 4. The van der Waals surface area contributed by atoms with Crippen molar-refractivity contribution in [1.82, 2.24) is 0 Å².